The lowest BCUT2D eigenvalue weighted by Crippen LogP contribution is -2.47. The number of benzene rings is 1. The second-order valence-corrected chi connectivity index (χ2v) is 7.84. The predicted octanol–water partition coefficient (Wildman–Crippen LogP) is 0.834. The number of hydrogen-bond acceptors (Lipinski definition) is 6. The van der Waals surface area contributed by atoms with Gasteiger partial charge in [-0.05, 0) is 44.5 Å². The van der Waals surface area contributed by atoms with Crippen LogP contribution in [-0.2, 0) is 4.79 Å². The van der Waals surface area contributed by atoms with Crippen molar-refractivity contribution in [2.24, 2.45) is 11.7 Å². The fourth-order valence-electron chi connectivity index (χ4n) is 3.85. The first-order valence-electron chi connectivity index (χ1n) is 10.3. The minimum Gasteiger partial charge on any atom is -0.489 e. The van der Waals surface area contributed by atoms with E-state index in [1.54, 1.807) is 6.07 Å². The van der Waals surface area contributed by atoms with Gasteiger partial charge >= 0.3 is 0 Å². The van der Waals surface area contributed by atoms with Gasteiger partial charge in [0.2, 0.25) is 5.91 Å². The smallest absolute Gasteiger partial charge is 0.255 e. The summed E-state index contributed by atoms with van der Waals surface area (Å²) in [5, 5.41) is 13.4. The normalized spacial score (nSPS) is 22.0. The highest BCUT2D eigenvalue weighted by atomic mass is 16.5. The summed E-state index contributed by atoms with van der Waals surface area (Å²) in [5.41, 5.74) is 6.57. The monoisotopic (exact) mass is 405 g/mol. The molecule has 2 heterocycles. The summed E-state index contributed by atoms with van der Waals surface area (Å²) >= 11 is 0. The van der Waals surface area contributed by atoms with Gasteiger partial charge in [-0.1, -0.05) is 6.07 Å². The molecule has 0 bridgehead atoms. The van der Waals surface area contributed by atoms with E-state index in [-0.39, 0.29) is 17.7 Å². The van der Waals surface area contributed by atoms with E-state index in [1.165, 1.54) is 0 Å². The summed E-state index contributed by atoms with van der Waals surface area (Å²) in [5.74, 6) is 0.617. The third kappa shape index (κ3) is 5.61. The Bertz CT molecular complexity index is 739. The summed E-state index contributed by atoms with van der Waals surface area (Å²) in [6.07, 6.45) is 2.10. The number of rotatable bonds is 7. The molecule has 8 heteroatoms. The number of hydrogen-bond donors (Lipinski definition) is 3. The number of primary amides is 1. The van der Waals surface area contributed by atoms with Crippen molar-refractivity contribution < 1.29 is 24.2 Å². The number of carbonyl (C=O) groups excluding carboxylic acids is 2. The van der Waals surface area contributed by atoms with Crippen LogP contribution < -0.4 is 20.5 Å². The third-order valence-electron chi connectivity index (χ3n) is 5.56. The predicted molar refractivity (Wildman–Crippen MR) is 108 cm³/mol. The second-order valence-electron chi connectivity index (χ2n) is 7.84. The van der Waals surface area contributed by atoms with Crippen LogP contribution in [0.25, 0.3) is 0 Å². The van der Waals surface area contributed by atoms with Gasteiger partial charge in [0, 0.05) is 31.8 Å². The zero-order chi connectivity index (χ0) is 20.8. The maximum absolute atomic E-state index is 12.8. The highest BCUT2D eigenvalue weighted by Crippen LogP contribution is 2.36. The first-order chi connectivity index (χ1) is 14.0. The average molecular weight is 405 g/mol. The van der Waals surface area contributed by atoms with Gasteiger partial charge in [-0.3, -0.25) is 9.59 Å². The van der Waals surface area contributed by atoms with E-state index >= 15 is 0 Å². The molecule has 2 atom stereocenters. The molecule has 4 N–H and O–H groups in total. The van der Waals surface area contributed by atoms with Crippen LogP contribution in [0.15, 0.2) is 12.1 Å². The molecule has 2 aliphatic rings. The molecule has 0 aromatic heterocycles. The average Bonchev–Trinajstić information content (AvgIpc) is 2.94. The Hall–Kier alpha value is -2.32. The summed E-state index contributed by atoms with van der Waals surface area (Å²) in [6.45, 7) is 5.53. The zero-order valence-electron chi connectivity index (χ0n) is 17.0. The number of piperidine rings is 1. The Labute approximate surface area is 171 Å². The van der Waals surface area contributed by atoms with Gasteiger partial charge in [0.15, 0.2) is 11.5 Å². The van der Waals surface area contributed by atoms with Gasteiger partial charge in [0.05, 0.1) is 24.9 Å². The van der Waals surface area contributed by atoms with E-state index in [1.807, 2.05) is 13.0 Å². The molecule has 2 aliphatic heterocycles. The number of aliphatic hydroxyl groups excluding tert-OH is 1. The van der Waals surface area contributed by atoms with Crippen molar-refractivity contribution in [3.63, 3.8) is 0 Å². The fourth-order valence-corrected chi connectivity index (χ4v) is 3.85. The number of likely N-dealkylation sites (tertiary alicyclic amines) is 1. The lowest BCUT2D eigenvalue weighted by Gasteiger charge is -2.36. The van der Waals surface area contributed by atoms with Gasteiger partial charge in [-0.25, -0.2) is 0 Å². The molecule has 2 amide bonds. The molecular weight excluding hydrogens is 374 g/mol. The standard InChI is InChI=1S/C21H31N3O5/c1-14-5-6-16(20-19(14)28-10-3-11-29-20)21(27)23-12-15-7-9-24(13-17(15)25)8-2-4-18(22)26/h5-6,15,17,25H,2-4,7-13H2,1H3,(H2,22,26)(H,23,27)/t15-,17+/m0/s1. The molecule has 1 aromatic carbocycles. The molecule has 8 nitrogen and oxygen atoms in total. The molecule has 160 valence electrons. The molecule has 29 heavy (non-hydrogen) atoms. The van der Waals surface area contributed by atoms with E-state index < -0.39 is 6.10 Å². The van der Waals surface area contributed by atoms with E-state index in [9.17, 15) is 14.7 Å². The van der Waals surface area contributed by atoms with Crippen molar-refractivity contribution >= 4 is 11.8 Å². The van der Waals surface area contributed by atoms with Crippen LogP contribution in [0.2, 0.25) is 0 Å². The van der Waals surface area contributed by atoms with Crippen LogP contribution in [0, 0.1) is 12.8 Å². The van der Waals surface area contributed by atoms with Crippen LogP contribution in [0.5, 0.6) is 11.5 Å². The lowest BCUT2D eigenvalue weighted by molar-refractivity contribution is -0.118. The molecule has 1 aromatic rings. The number of aliphatic hydroxyl groups is 1. The van der Waals surface area contributed by atoms with Crippen molar-refractivity contribution in [2.75, 3.05) is 39.4 Å². The van der Waals surface area contributed by atoms with Crippen LogP contribution in [0.4, 0.5) is 0 Å². The van der Waals surface area contributed by atoms with E-state index in [0.29, 0.717) is 56.2 Å². The third-order valence-corrected chi connectivity index (χ3v) is 5.56. The Morgan fingerprint density at radius 1 is 1.28 bits per heavy atom. The molecular formula is C21H31N3O5. The lowest BCUT2D eigenvalue weighted by atomic mass is 9.93. The first kappa shape index (κ1) is 21.4. The fraction of sp³-hybridized carbons (Fsp3) is 0.619. The van der Waals surface area contributed by atoms with Crippen molar-refractivity contribution in [3.05, 3.63) is 23.3 Å². The van der Waals surface area contributed by atoms with Crippen LogP contribution >= 0.6 is 0 Å². The minimum atomic E-state index is -0.521. The number of nitrogens with zero attached hydrogens (tertiary/aromatic N) is 1. The molecule has 0 saturated carbocycles. The van der Waals surface area contributed by atoms with E-state index in [2.05, 4.69) is 10.2 Å². The topological polar surface area (TPSA) is 114 Å². The van der Waals surface area contributed by atoms with E-state index in [0.717, 1.165) is 31.5 Å². The maximum Gasteiger partial charge on any atom is 0.255 e. The SMILES string of the molecule is Cc1ccc(C(=O)NC[C@@H]2CCN(CCCC(N)=O)C[C@H]2O)c2c1OCCCO2. The molecule has 1 saturated heterocycles. The van der Waals surface area contributed by atoms with Crippen LogP contribution in [0.3, 0.4) is 0 Å². The molecule has 0 unspecified atom stereocenters. The quantitative estimate of drug-likeness (QED) is 0.619. The largest absolute Gasteiger partial charge is 0.489 e. The molecule has 0 spiro atoms. The number of β-amino-alcohol motifs (C(OH)–C–C–N with tert-alkyl or cyclic N) is 1. The molecule has 3 rings (SSSR count). The summed E-state index contributed by atoms with van der Waals surface area (Å²) in [7, 11) is 0. The summed E-state index contributed by atoms with van der Waals surface area (Å²) in [6, 6.07) is 3.62. The van der Waals surface area contributed by atoms with Crippen molar-refractivity contribution in [1.29, 1.82) is 0 Å². The Kier molecular flexibility index (Phi) is 7.33. The summed E-state index contributed by atoms with van der Waals surface area (Å²) < 4.78 is 11.5. The Morgan fingerprint density at radius 3 is 2.76 bits per heavy atom. The second kappa shape index (κ2) is 9.93. The minimum absolute atomic E-state index is 0.00689. The molecule has 1 fully saturated rings. The van der Waals surface area contributed by atoms with Gasteiger partial charge in [-0.15, -0.1) is 0 Å². The molecule has 0 radical (unpaired) electrons. The van der Waals surface area contributed by atoms with Gasteiger partial charge in [0.1, 0.15) is 0 Å². The van der Waals surface area contributed by atoms with Crippen molar-refractivity contribution in [2.45, 2.75) is 38.7 Å². The molecule has 0 aliphatic carbocycles. The number of fused-ring (bicyclic) bond motifs is 1. The number of ether oxygens (including phenoxy) is 2. The van der Waals surface area contributed by atoms with Crippen LogP contribution in [0.1, 0.15) is 41.6 Å². The number of nitrogens with one attached hydrogen (secondary N) is 1. The van der Waals surface area contributed by atoms with Gasteiger partial charge in [0.25, 0.3) is 5.91 Å². The number of nitrogens with two attached hydrogens (primary N) is 1. The highest BCUT2D eigenvalue weighted by molar-refractivity contribution is 5.98. The number of carbonyl (C=O) groups is 2. The zero-order valence-corrected chi connectivity index (χ0v) is 17.0. The van der Waals surface area contributed by atoms with Crippen molar-refractivity contribution in [1.82, 2.24) is 10.2 Å². The first-order valence-corrected chi connectivity index (χ1v) is 10.3. The van der Waals surface area contributed by atoms with Gasteiger partial charge < -0.3 is 30.5 Å². The maximum atomic E-state index is 12.8. The summed E-state index contributed by atoms with van der Waals surface area (Å²) in [4.78, 5) is 25.8. The highest BCUT2D eigenvalue weighted by Gasteiger charge is 2.28. The van der Waals surface area contributed by atoms with Crippen molar-refractivity contribution in [3.8, 4) is 11.5 Å². The van der Waals surface area contributed by atoms with Gasteiger partial charge in [-0.2, -0.15) is 0 Å². The Morgan fingerprint density at radius 2 is 2.03 bits per heavy atom. The number of amides is 2. The van der Waals surface area contributed by atoms with E-state index in [4.69, 9.17) is 15.2 Å². The number of aryl methyl sites for hydroxylation is 1. The van der Waals surface area contributed by atoms with Crippen LogP contribution in [-0.4, -0.2) is 67.3 Å². The Balaban J connectivity index is 1.53.